The molecule has 0 saturated heterocycles. The number of amides is 2. The fourth-order valence-corrected chi connectivity index (χ4v) is 5.04. The number of carbonyl (C=O) groups is 2. The number of hydrogen-bond donors (Lipinski definition) is 2. The number of carbonyl (C=O) groups excluding carboxylic acids is 2. The number of alkyl halides is 7. The van der Waals surface area contributed by atoms with Crippen LogP contribution in [0.5, 0.6) is 0 Å². The van der Waals surface area contributed by atoms with Crippen LogP contribution in [0.3, 0.4) is 0 Å². The molecule has 45 heavy (non-hydrogen) atoms. The van der Waals surface area contributed by atoms with Crippen LogP contribution in [-0.4, -0.2) is 48.4 Å². The molecule has 2 N–H and O–H groups in total. The Kier molecular flexibility index (Phi) is 7.00. The van der Waals surface area contributed by atoms with Crippen molar-refractivity contribution in [1.29, 1.82) is 0 Å². The number of nitrogens with one attached hydrogen (secondary N) is 2. The zero-order valence-corrected chi connectivity index (χ0v) is 23.6. The van der Waals surface area contributed by atoms with Crippen molar-refractivity contribution in [3.63, 3.8) is 0 Å². The first-order chi connectivity index (χ1) is 21.0. The predicted octanol–water partition coefficient (Wildman–Crippen LogP) is 5.91. The Morgan fingerprint density at radius 3 is 1.93 bits per heavy atom. The molecule has 0 spiro atoms. The molecule has 2 aliphatic carbocycles. The molecule has 236 valence electrons. The molecular weight excluding hydrogens is 611 g/mol. The highest BCUT2D eigenvalue weighted by Gasteiger charge is 2.62. The van der Waals surface area contributed by atoms with E-state index in [9.17, 15) is 40.3 Å². The van der Waals surface area contributed by atoms with Crippen molar-refractivity contribution in [2.45, 2.75) is 44.3 Å². The van der Waals surface area contributed by atoms with Crippen LogP contribution >= 0.6 is 0 Å². The normalized spacial score (nSPS) is 19.7. The summed E-state index contributed by atoms with van der Waals surface area (Å²) in [6.45, 7) is 1.62. The van der Waals surface area contributed by atoms with Crippen molar-refractivity contribution in [1.82, 2.24) is 24.8 Å². The van der Waals surface area contributed by atoms with Crippen molar-refractivity contribution < 1.29 is 40.3 Å². The summed E-state index contributed by atoms with van der Waals surface area (Å²) in [5.74, 6) is -10.9. The van der Waals surface area contributed by atoms with Gasteiger partial charge >= 0.3 is 6.30 Å². The van der Waals surface area contributed by atoms with Gasteiger partial charge in [-0.15, -0.1) is 13.2 Å². The lowest BCUT2D eigenvalue weighted by atomic mass is 9.98. The molecule has 0 aliphatic heterocycles. The van der Waals surface area contributed by atoms with Gasteiger partial charge in [-0.2, -0.15) is 24.8 Å². The van der Waals surface area contributed by atoms with E-state index in [0.29, 0.717) is 16.7 Å². The quantitative estimate of drug-likeness (QED) is 0.234. The molecule has 2 fully saturated rings. The molecule has 0 unspecified atom stereocenters. The topological polar surface area (TPSA) is 107 Å². The van der Waals surface area contributed by atoms with Gasteiger partial charge in [-0.3, -0.25) is 9.59 Å². The summed E-state index contributed by atoms with van der Waals surface area (Å²) < 4.78 is 96.0. The van der Waals surface area contributed by atoms with Gasteiger partial charge in [0.25, 0.3) is 11.8 Å². The summed E-state index contributed by atoms with van der Waals surface area (Å²) >= 11 is 0. The van der Waals surface area contributed by atoms with Crippen LogP contribution in [-0.2, 0) is 29.4 Å². The lowest BCUT2D eigenvalue weighted by Crippen LogP contribution is -2.21. The molecule has 2 heterocycles. The van der Waals surface area contributed by atoms with E-state index >= 15 is 0 Å². The van der Waals surface area contributed by atoms with Gasteiger partial charge in [0, 0.05) is 48.8 Å². The van der Waals surface area contributed by atoms with Crippen LogP contribution in [0.1, 0.15) is 29.7 Å². The number of anilines is 2. The second-order valence-electron chi connectivity index (χ2n) is 11.2. The summed E-state index contributed by atoms with van der Waals surface area (Å²) in [5, 5.41) is 16.8. The Morgan fingerprint density at radius 2 is 1.42 bits per heavy atom. The minimum absolute atomic E-state index is 0.0806. The van der Waals surface area contributed by atoms with Gasteiger partial charge < -0.3 is 10.6 Å². The molecule has 4 aromatic rings. The van der Waals surface area contributed by atoms with E-state index in [2.05, 4.69) is 25.9 Å². The Balaban J connectivity index is 1.33. The monoisotopic (exact) mass is 635 g/mol. The number of halogens is 7. The van der Waals surface area contributed by atoms with Gasteiger partial charge in [-0.1, -0.05) is 12.1 Å². The highest BCUT2D eigenvalue weighted by atomic mass is 19.4. The maximum atomic E-state index is 14.2. The average Bonchev–Trinajstić information content (AvgIpc) is 3.58. The van der Waals surface area contributed by atoms with E-state index in [1.54, 1.807) is 6.92 Å². The van der Waals surface area contributed by atoms with Gasteiger partial charge in [0.15, 0.2) is 0 Å². The molecule has 2 aromatic heterocycles. The Bertz CT molecular complexity index is 1830. The van der Waals surface area contributed by atoms with Crippen LogP contribution in [0.25, 0.3) is 22.5 Å². The zero-order valence-electron chi connectivity index (χ0n) is 23.6. The first-order valence-electron chi connectivity index (χ1n) is 13.7. The molecule has 2 aliphatic rings. The number of aryl methyl sites for hydroxylation is 2. The third-order valence-electron chi connectivity index (χ3n) is 7.71. The Hall–Kier alpha value is -4.76. The van der Waals surface area contributed by atoms with Crippen molar-refractivity contribution in [3.05, 3.63) is 65.5 Å². The Labute approximate surface area is 250 Å². The highest BCUT2D eigenvalue weighted by Crippen LogP contribution is 2.50. The summed E-state index contributed by atoms with van der Waals surface area (Å²) in [6, 6.07) is 9.84. The lowest BCUT2D eigenvalue weighted by Gasteiger charge is -2.14. The molecular formula is C29H24F7N7O2. The van der Waals surface area contributed by atoms with E-state index in [4.69, 9.17) is 0 Å². The third kappa shape index (κ3) is 6.13. The molecule has 2 amide bonds. The van der Waals surface area contributed by atoms with Gasteiger partial charge in [0.2, 0.25) is 11.8 Å². The summed E-state index contributed by atoms with van der Waals surface area (Å²) in [7, 11) is 1.53. The maximum absolute atomic E-state index is 14.2. The number of hydrogen-bond acceptors (Lipinski definition) is 5. The van der Waals surface area contributed by atoms with Crippen molar-refractivity contribution >= 4 is 23.2 Å². The fraction of sp³-hybridized carbons (Fsp3) is 0.345. The maximum Gasteiger partial charge on any atom is 0.504 e. The van der Waals surface area contributed by atoms with E-state index < -0.39 is 54.6 Å². The summed E-state index contributed by atoms with van der Waals surface area (Å²) in [5.41, 5.74) is 1.58. The van der Waals surface area contributed by atoms with E-state index in [-0.39, 0.29) is 45.1 Å². The standard InChI is InChI=1S/C29H24F7N7O2/c1-14-3-5-16(38-25(44)21-11-27(21,30)31)8-19(14)23-10-18(43(41-23)29(34,35)36)7-15-4-6-17(39-26(45)22-12-28(22,32)33)9-20(15)24-13-37-42(2)40-24/h3-6,8-10,13,21-22H,7,11-12H2,1-2H3,(H,38,44)(H,39,45)/t21-,22-/m0/s1. The minimum atomic E-state index is -4.93. The summed E-state index contributed by atoms with van der Waals surface area (Å²) in [4.78, 5) is 25.7. The predicted molar refractivity (Wildman–Crippen MR) is 146 cm³/mol. The van der Waals surface area contributed by atoms with Crippen LogP contribution in [0.15, 0.2) is 48.7 Å². The number of nitrogens with zero attached hydrogens (tertiary/aromatic N) is 5. The molecule has 16 heteroatoms. The van der Waals surface area contributed by atoms with Crippen LogP contribution in [0, 0.1) is 18.8 Å². The molecule has 2 aromatic carbocycles. The van der Waals surface area contributed by atoms with Crippen LogP contribution in [0.2, 0.25) is 0 Å². The van der Waals surface area contributed by atoms with Gasteiger partial charge in [0.05, 0.1) is 17.6 Å². The molecule has 6 rings (SSSR count). The molecule has 0 radical (unpaired) electrons. The molecule has 0 bridgehead atoms. The molecule has 2 atom stereocenters. The van der Waals surface area contributed by atoms with E-state index in [1.165, 1.54) is 60.5 Å². The number of rotatable bonds is 8. The second kappa shape index (κ2) is 10.4. The van der Waals surface area contributed by atoms with Gasteiger partial charge in [-0.05, 0) is 48.4 Å². The van der Waals surface area contributed by atoms with E-state index in [0.717, 1.165) is 0 Å². The van der Waals surface area contributed by atoms with Crippen molar-refractivity contribution in [2.24, 2.45) is 18.9 Å². The smallest absolute Gasteiger partial charge is 0.326 e. The van der Waals surface area contributed by atoms with Crippen molar-refractivity contribution in [3.8, 4) is 22.5 Å². The largest absolute Gasteiger partial charge is 0.504 e. The van der Waals surface area contributed by atoms with Crippen molar-refractivity contribution in [2.75, 3.05) is 10.6 Å². The van der Waals surface area contributed by atoms with Crippen LogP contribution < -0.4 is 10.6 Å². The second-order valence-corrected chi connectivity index (χ2v) is 11.2. The van der Waals surface area contributed by atoms with Gasteiger partial charge in [0.1, 0.15) is 17.5 Å². The average molecular weight is 636 g/mol. The van der Waals surface area contributed by atoms with Gasteiger partial charge in [-0.25, -0.2) is 17.6 Å². The molecule has 2 saturated carbocycles. The Morgan fingerprint density at radius 1 is 0.867 bits per heavy atom. The minimum Gasteiger partial charge on any atom is -0.326 e. The third-order valence-corrected chi connectivity index (χ3v) is 7.71. The first-order valence-corrected chi connectivity index (χ1v) is 13.7. The molecule has 9 nitrogen and oxygen atoms in total. The van der Waals surface area contributed by atoms with E-state index in [1.807, 2.05) is 0 Å². The zero-order chi connectivity index (χ0) is 32.5. The number of aromatic nitrogens is 5. The lowest BCUT2D eigenvalue weighted by molar-refractivity contribution is -0.213. The summed E-state index contributed by atoms with van der Waals surface area (Å²) in [6.07, 6.45) is -5.02. The van der Waals surface area contributed by atoms with Crippen LogP contribution in [0.4, 0.5) is 42.1 Å². The number of benzene rings is 2. The first kappa shape index (κ1) is 30.3. The fourth-order valence-electron chi connectivity index (χ4n) is 5.04. The SMILES string of the molecule is Cc1ccc(NC(=O)[C@@H]2CC2(F)F)cc1-c1cc(Cc2ccc(NC(=O)[C@@H]3CC3(F)F)cc2-c2cnn(C)n2)n(C(F)(F)F)n1. The highest BCUT2D eigenvalue weighted by molar-refractivity contribution is 5.96.